The van der Waals surface area contributed by atoms with Gasteiger partial charge in [-0.1, -0.05) is 18.2 Å². The van der Waals surface area contributed by atoms with Crippen LogP contribution >= 0.6 is 11.3 Å². The summed E-state index contributed by atoms with van der Waals surface area (Å²) in [5.41, 5.74) is 3.01. The number of thiazole rings is 1. The highest BCUT2D eigenvalue weighted by Crippen LogP contribution is 2.44. The smallest absolute Gasteiger partial charge is 0.235 e. The highest BCUT2D eigenvalue weighted by molar-refractivity contribution is 7.09. The van der Waals surface area contributed by atoms with Crippen LogP contribution in [-0.2, 0) is 16.8 Å². The van der Waals surface area contributed by atoms with E-state index in [0.717, 1.165) is 48.9 Å². The number of nitrogens with one attached hydrogen (secondary N) is 1. The van der Waals surface area contributed by atoms with Crippen LogP contribution in [0.2, 0.25) is 0 Å². The molecule has 0 bridgehead atoms. The van der Waals surface area contributed by atoms with E-state index in [1.54, 1.807) is 11.3 Å². The molecule has 0 unspecified atom stereocenters. The maximum atomic E-state index is 12.5. The Kier molecular flexibility index (Phi) is 3.27. The summed E-state index contributed by atoms with van der Waals surface area (Å²) in [7, 11) is 0. The number of fused-ring (bicyclic) bond motifs is 2. The fourth-order valence-corrected chi connectivity index (χ4v) is 4.28. The van der Waals surface area contributed by atoms with Gasteiger partial charge in [-0.3, -0.25) is 9.69 Å². The van der Waals surface area contributed by atoms with E-state index >= 15 is 0 Å². The van der Waals surface area contributed by atoms with E-state index in [1.807, 2.05) is 25.1 Å². The monoisotopic (exact) mass is 313 g/mol. The molecule has 114 valence electrons. The Morgan fingerprint density at radius 3 is 2.82 bits per heavy atom. The molecular weight excluding hydrogens is 294 g/mol. The molecule has 0 radical (unpaired) electrons. The van der Waals surface area contributed by atoms with Gasteiger partial charge in [-0.25, -0.2) is 4.98 Å². The fraction of sp³-hybridized carbons (Fsp3) is 0.412. The maximum Gasteiger partial charge on any atom is 0.235 e. The molecule has 0 atom stereocenters. The Morgan fingerprint density at radius 1 is 1.32 bits per heavy atom. The zero-order chi connectivity index (χ0) is 15.2. The summed E-state index contributed by atoms with van der Waals surface area (Å²) in [5, 5.41) is 6.31. The molecule has 1 aromatic carbocycles. The van der Waals surface area contributed by atoms with Crippen LogP contribution in [0.5, 0.6) is 0 Å². The topological polar surface area (TPSA) is 45.2 Å². The Bertz CT molecular complexity index is 716. The average Bonchev–Trinajstić information content (AvgIpc) is 3.04. The van der Waals surface area contributed by atoms with Gasteiger partial charge in [0.15, 0.2) is 0 Å². The number of anilines is 1. The van der Waals surface area contributed by atoms with E-state index in [9.17, 15) is 4.79 Å². The molecular formula is C17H19N3OS. The molecule has 1 amide bonds. The van der Waals surface area contributed by atoms with Crippen LogP contribution in [0.1, 0.15) is 29.1 Å². The van der Waals surface area contributed by atoms with E-state index in [-0.39, 0.29) is 11.3 Å². The average molecular weight is 313 g/mol. The summed E-state index contributed by atoms with van der Waals surface area (Å²) in [6.07, 6.45) is 1.78. The van der Waals surface area contributed by atoms with Gasteiger partial charge in [0.2, 0.25) is 5.91 Å². The first kappa shape index (κ1) is 13.9. The number of hydrogen-bond donors (Lipinski definition) is 1. The third kappa shape index (κ3) is 2.16. The lowest BCUT2D eigenvalue weighted by molar-refractivity contribution is -0.122. The second-order valence-corrected chi connectivity index (χ2v) is 7.28. The number of piperidine rings is 1. The lowest BCUT2D eigenvalue weighted by Crippen LogP contribution is -2.46. The van der Waals surface area contributed by atoms with Gasteiger partial charge in [-0.15, -0.1) is 11.3 Å². The van der Waals surface area contributed by atoms with Crippen molar-refractivity contribution >= 4 is 22.9 Å². The van der Waals surface area contributed by atoms with Crippen molar-refractivity contribution in [1.29, 1.82) is 0 Å². The number of aromatic nitrogens is 1. The van der Waals surface area contributed by atoms with E-state index in [2.05, 4.69) is 26.6 Å². The van der Waals surface area contributed by atoms with Crippen molar-refractivity contribution in [1.82, 2.24) is 9.88 Å². The summed E-state index contributed by atoms with van der Waals surface area (Å²) in [6.45, 7) is 4.82. The molecule has 22 heavy (non-hydrogen) atoms. The summed E-state index contributed by atoms with van der Waals surface area (Å²) < 4.78 is 0. The first-order chi connectivity index (χ1) is 10.7. The predicted molar refractivity (Wildman–Crippen MR) is 88.1 cm³/mol. The van der Waals surface area contributed by atoms with Gasteiger partial charge >= 0.3 is 0 Å². The minimum Gasteiger partial charge on any atom is -0.325 e. The summed E-state index contributed by atoms with van der Waals surface area (Å²) in [5.74, 6) is 0.179. The first-order valence-corrected chi connectivity index (χ1v) is 8.60. The minimum absolute atomic E-state index is 0.179. The molecule has 2 aromatic rings. The van der Waals surface area contributed by atoms with Gasteiger partial charge in [0.05, 0.1) is 16.1 Å². The zero-order valence-corrected chi connectivity index (χ0v) is 13.4. The molecule has 1 aromatic heterocycles. The molecule has 2 aliphatic rings. The van der Waals surface area contributed by atoms with Crippen LogP contribution in [0.25, 0.3) is 0 Å². The Labute approximate surface area is 134 Å². The van der Waals surface area contributed by atoms with Crippen molar-refractivity contribution in [3.8, 4) is 0 Å². The highest BCUT2D eigenvalue weighted by Gasteiger charge is 2.48. The van der Waals surface area contributed by atoms with Crippen molar-refractivity contribution in [3.63, 3.8) is 0 Å². The van der Waals surface area contributed by atoms with Gasteiger partial charge < -0.3 is 5.32 Å². The number of rotatable bonds is 2. The lowest BCUT2D eigenvalue weighted by Gasteiger charge is -2.37. The number of hydrogen-bond acceptors (Lipinski definition) is 4. The number of para-hydroxylation sites is 1. The number of benzene rings is 1. The standard InChI is InChI=1S/C17H19N3OS/c1-12-18-13(11-22-12)10-20-8-6-17(7-9-20)14-4-2-3-5-15(14)19-16(17)21/h2-5,11H,6-10H2,1H3,(H,19,21). The number of carbonyl (C=O) groups is 1. The van der Waals surface area contributed by atoms with E-state index in [4.69, 9.17) is 0 Å². The van der Waals surface area contributed by atoms with Crippen molar-refractivity contribution in [2.75, 3.05) is 18.4 Å². The maximum absolute atomic E-state index is 12.5. The van der Waals surface area contributed by atoms with Crippen molar-refractivity contribution in [2.45, 2.75) is 31.7 Å². The van der Waals surface area contributed by atoms with Gasteiger partial charge in [0.25, 0.3) is 0 Å². The largest absolute Gasteiger partial charge is 0.325 e. The normalized spacial score (nSPS) is 20.1. The third-order valence-corrected chi connectivity index (χ3v) is 5.71. The summed E-state index contributed by atoms with van der Waals surface area (Å²) >= 11 is 1.70. The molecule has 5 heteroatoms. The second-order valence-electron chi connectivity index (χ2n) is 6.22. The second kappa shape index (κ2) is 5.18. The van der Waals surface area contributed by atoms with Crippen molar-refractivity contribution < 1.29 is 4.79 Å². The molecule has 3 heterocycles. The summed E-state index contributed by atoms with van der Waals surface area (Å²) in [6, 6.07) is 8.13. The predicted octanol–water partition coefficient (Wildman–Crippen LogP) is 2.94. The van der Waals surface area contributed by atoms with Crippen molar-refractivity contribution in [2.24, 2.45) is 0 Å². The van der Waals surface area contributed by atoms with Crippen LogP contribution in [0, 0.1) is 6.92 Å². The third-order valence-electron chi connectivity index (χ3n) is 4.89. The van der Waals surface area contributed by atoms with Gasteiger partial charge in [-0.05, 0) is 44.5 Å². The van der Waals surface area contributed by atoms with Gasteiger partial charge in [0.1, 0.15) is 0 Å². The number of carbonyl (C=O) groups excluding carboxylic acids is 1. The molecule has 1 fully saturated rings. The Balaban J connectivity index is 1.51. The molecule has 0 saturated carbocycles. The SMILES string of the molecule is Cc1nc(CN2CCC3(CC2)C(=O)Nc2ccccc23)cs1. The molecule has 4 rings (SSSR count). The number of nitrogens with zero attached hydrogens (tertiary/aromatic N) is 2. The van der Waals surface area contributed by atoms with Crippen LogP contribution in [0.15, 0.2) is 29.6 Å². The zero-order valence-electron chi connectivity index (χ0n) is 12.6. The van der Waals surface area contributed by atoms with Crippen LogP contribution in [0.3, 0.4) is 0 Å². The molecule has 2 aliphatic heterocycles. The summed E-state index contributed by atoms with van der Waals surface area (Å²) in [4.78, 5) is 19.5. The van der Waals surface area contributed by atoms with Crippen LogP contribution < -0.4 is 5.32 Å². The van der Waals surface area contributed by atoms with Gasteiger partial charge in [-0.2, -0.15) is 0 Å². The van der Waals surface area contributed by atoms with E-state index in [0.29, 0.717) is 0 Å². The molecule has 4 nitrogen and oxygen atoms in total. The van der Waals surface area contributed by atoms with Crippen LogP contribution in [0.4, 0.5) is 5.69 Å². The fourth-order valence-electron chi connectivity index (χ4n) is 3.67. The van der Waals surface area contributed by atoms with E-state index < -0.39 is 0 Å². The van der Waals surface area contributed by atoms with Crippen molar-refractivity contribution in [3.05, 3.63) is 45.9 Å². The number of likely N-dealkylation sites (tertiary alicyclic amines) is 1. The molecule has 0 aliphatic carbocycles. The van der Waals surface area contributed by atoms with Gasteiger partial charge in [0, 0.05) is 17.6 Å². The number of aryl methyl sites for hydroxylation is 1. The Morgan fingerprint density at radius 2 is 2.09 bits per heavy atom. The molecule has 1 spiro atoms. The minimum atomic E-state index is -0.314. The van der Waals surface area contributed by atoms with E-state index in [1.165, 1.54) is 5.56 Å². The van der Waals surface area contributed by atoms with Crippen LogP contribution in [-0.4, -0.2) is 28.9 Å². The lowest BCUT2D eigenvalue weighted by atomic mass is 9.73. The molecule has 1 saturated heterocycles. The first-order valence-electron chi connectivity index (χ1n) is 7.72. The number of amides is 1. The highest BCUT2D eigenvalue weighted by atomic mass is 32.1. The Hall–Kier alpha value is -1.72. The molecule has 1 N–H and O–H groups in total. The quantitative estimate of drug-likeness (QED) is 0.927.